The van der Waals surface area contributed by atoms with Gasteiger partial charge in [-0.3, -0.25) is 4.90 Å². The number of nitrogens with two attached hydrogens (primary N) is 1. The highest BCUT2D eigenvalue weighted by Crippen LogP contribution is 2.25. The van der Waals surface area contributed by atoms with Crippen molar-refractivity contribution in [3.8, 4) is 0 Å². The summed E-state index contributed by atoms with van der Waals surface area (Å²) in [4.78, 5) is 12.7. The van der Waals surface area contributed by atoms with Gasteiger partial charge in [-0.1, -0.05) is 12.8 Å². The number of aromatic nitrogens is 2. The number of nitrogens with zero attached hydrogens (tertiary/aromatic N) is 3. The van der Waals surface area contributed by atoms with Gasteiger partial charge < -0.3 is 5.43 Å². The highest BCUT2D eigenvalue weighted by molar-refractivity contribution is 7.16. The third-order valence-electron chi connectivity index (χ3n) is 4.04. The molecule has 2 aromatic rings. The number of nitrogen functional groups attached to an aromatic ring is 1. The number of hydrogen-bond donors (Lipinski definition) is 2. The molecule has 2 aromatic heterocycles. The Morgan fingerprint density at radius 3 is 3.15 bits per heavy atom. The number of likely N-dealkylation sites (tertiary alicyclic amines) is 1. The molecule has 0 amide bonds. The van der Waals surface area contributed by atoms with Gasteiger partial charge in [-0.25, -0.2) is 15.8 Å². The molecule has 0 radical (unpaired) electrons. The summed E-state index contributed by atoms with van der Waals surface area (Å²) in [5, 5.41) is 3.03. The standard InChI is InChI=1S/C14H21N5S/c1-10-5-3-2-4-7-19(10)9-12-16-13(18-15)11-6-8-20-14(11)17-12/h6,8,10H,2-5,7,9,15H2,1H3,(H,16,17,18). The Balaban J connectivity index is 1.85. The lowest BCUT2D eigenvalue weighted by atomic mass is 10.1. The summed E-state index contributed by atoms with van der Waals surface area (Å²) in [6, 6.07) is 2.61. The van der Waals surface area contributed by atoms with E-state index >= 15 is 0 Å². The molecule has 0 saturated carbocycles. The molecule has 0 aromatic carbocycles. The highest BCUT2D eigenvalue weighted by atomic mass is 32.1. The maximum absolute atomic E-state index is 5.58. The van der Waals surface area contributed by atoms with Crippen molar-refractivity contribution in [2.24, 2.45) is 5.84 Å². The van der Waals surface area contributed by atoms with E-state index in [2.05, 4.69) is 27.2 Å². The van der Waals surface area contributed by atoms with Gasteiger partial charge in [0, 0.05) is 6.04 Å². The van der Waals surface area contributed by atoms with Crippen LogP contribution in [0.1, 0.15) is 38.4 Å². The van der Waals surface area contributed by atoms with Crippen LogP contribution in [0.3, 0.4) is 0 Å². The van der Waals surface area contributed by atoms with E-state index in [-0.39, 0.29) is 0 Å². The van der Waals surface area contributed by atoms with E-state index in [1.165, 1.54) is 25.7 Å². The van der Waals surface area contributed by atoms with Crippen LogP contribution in [0, 0.1) is 0 Å². The fourth-order valence-electron chi connectivity index (χ4n) is 2.83. The Bertz CT molecular complexity index is 582. The molecular weight excluding hydrogens is 270 g/mol. The van der Waals surface area contributed by atoms with Gasteiger partial charge in [0.15, 0.2) is 5.82 Å². The number of anilines is 1. The van der Waals surface area contributed by atoms with Crippen LogP contribution in [0.5, 0.6) is 0 Å². The van der Waals surface area contributed by atoms with E-state index in [1.807, 2.05) is 11.4 Å². The second-order valence-corrected chi connectivity index (χ2v) is 6.34. The average Bonchev–Trinajstić information content (AvgIpc) is 2.84. The van der Waals surface area contributed by atoms with Crippen molar-refractivity contribution in [1.82, 2.24) is 14.9 Å². The van der Waals surface area contributed by atoms with E-state index in [4.69, 9.17) is 5.84 Å². The van der Waals surface area contributed by atoms with Crippen molar-refractivity contribution in [2.45, 2.75) is 45.2 Å². The van der Waals surface area contributed by atoms with Crippen LogP contribution in [-0.2, 0) is 6.54 Å². The lowest BCUT2D eigenvalue weighted by Crippen LogP contribution is -2.32. The van der Waals surface area contributed by atoms with Crippen LogP contribution in [0.2, 0.25) is 0 Å². The Morgan fingerprint density at radius 2 is 2.30 bits per heavy atom. The summed E-state index contributed by atoms with van der Waals surface area (Å²) in [6.07, 6.45) is 5.20. The summed E-state index contributed by atoms with van der Waals surface area (Å²) in [5.41, 5.74) is 2.69. The summed E-state index contributed by atoms with van der Waals surface area (Å²) in [7, 11) is 0. The predicted molar refractivity (Wildman–Crippen MR) is 83.6 cm³/mol. The van der Waals surface area contributed by atoms with Crippen LogP contribution in [0.4, 0.5) is 5.82 Å². The molecule has 1 aliphatic heterocycles. The monoisotopic (exact) mass is 291 g/mol. The second-order valence-electron chi connectivity index (χ2n) is 5.44. The molecule has 1 atom stereocenters. The Morgan fingerprint density at radius 1 is 1.40 bits per heavy atom. The van der Waals surface area contributed by atoms with Crippen LogP contribution in [0.15, 0.2) is 11.4 Å². The fraction of sp³-hybridized carbons (Fsp3) is 0.571. The number of thiophene rings is 1. The molecule has 20 heavy (non-hydrogen) atoms. The minimum atomic E-state index is 0.606. The average molecular weight is 291 g/mol. The van der Waals surface area contributed by atoms with Gasteiger partial charge in [-0.15, -0.1) is 11.3 Å². The van der Waals surface area contributed by atoms with Gasteiger partial charge in [0.1, 0.15) is 10.7 Å². The topological polar surface area (TPSA) is 67.1 Å². The van der Waals surface area contributed by atoms with Crippen molar-refractivity contribution in [3.63, 3.8) is 0 Å². The van der Waals surface area contributed by atoms with E-state index in [1.54, 1.807) is 11.3 Å². The molecule has 1 fully saturated rings. The molecule has 1 unspecified atom stereocenters. The van der Waals surface area contributed by atoms with Crippen molar-refractivity contribution >= 4 is 27.4 Å². The number of fused-ring (bicyclic) bond motifs is 1. The van der Waals surface area contributed by atoms with Crippen molar-refractivity contribution in [2.75, 3.05) is 12.0 Å². The van der Waals surface area contributed by atoms with Gasteiger partial charge in [-0.05, 0) is 37.8 Å². The van der Waals surface area contributed by atoms with Crippen molar-refractivity contribution in [1.29, 1.82) is 0 Å². The van der Waals surface area contributed by atoms with Crippen LogP contribution in [-0.4, -0.2) is 27.5 Å². The zero-order valence-electron chi connectivity index (χ0n) is 11.8. The Labute approximate surface area is 123 Å². The van der Waals surface area contributed by atoms with Gasteiger partial charge in [0.05, 0.1) is 11.9 Å². The first-order valence-electron chi connectivity index (χ1n) is 7.22. The number of hydrazine groups is 1. The molecule has 3 rings (SSSR count). The quantitative estimate of drug-likeness (QED) is 0.672. The molecule has 0 spiro atoms. The normalized spacial score (nSPS) is 21.0. The zero-order valence-corrected chi connectivity index (χ0v) is 12.6. The number of nitrogens with one attached hydrogen (secondary N) is 1. The van der Waals surface area contributed by atoms with Gasteiger partial charge in [0.2, 0.25) is 0 Å². The summed E-state index contributed by atoms with van der Waals surface area (Å²) >= 11 is 1.63. The summed E-state index contributed by atoms with van der Waals surface area (Å²) in [6.45, 7) is 4.25. The molecule has 3 heterocycles. The number of hydrogen-bond acceptors (Lipinski definition) is 6. The van der Waals surface area contributed by atoms with Gasteiger partial charge in [0.25, 0.3) is 0 Å². The minimum Gasteiger partial charge on any atom is -0.308 e. The van der Waals surface area contributed by atoms with Crippen molar-refractivity contribution < 1.29 is 0 Å². The molecule has 6 heteroatoms. The first-order valence-corrected chi connectivity index (χ1v) is 8.10. The first-order chi connectivity index (χ1) is 9.78. The second kappa shape index (κ2) is 6.03. The largest absolute Gasteiger partial charge is 0.308 e. The highest BCUT2D eigenvalue weighted by Gasteiger charge is 2.19. The Hall–Kier alpha value is -1.24. The van der Waals surface area contributed by atoms with E-state index in [9.17, 15) is 0 Å². The predicted octanol–water partition coefficient (Wildman–Crippen LogP) is 2.74. The van der Waals surface area contributed by atoms with E-state index < -0.39 is 0 Å². The van der Waals surface area contributed by atoms with E-state index in [0.717, 1.165) is 34.9 Å². The molecule has 1 aliphatic rings. The third-order valence-corrected chi connectivity index (χ3v) is 4.85. The molecule has 5 nitrogen and oxygen atoms in total. The maximum Gasteiger partial charge on any atom is 0.152 e. The molecule has 108 valence electrons. The number of rotatable bonds is 3. The minimum absolute atomic E-state index is 0.606. The third kappa shape index (κ3) is 2.77. The molecule has 0 aliphatic carbocycles. The van der Waals surface area contributed by atoms with Gasteiger partial charge >= 0.3 is 0 Å². The lowest BCUT2D eigenvalue weighted by molar-refractivity contribution is 0.200. The molecule has 0 bridgehead atoms. The van der Waals surface area contributed by atoms with Crippen LogP contribution >= 0.6 is 11.3 Å². The fourth-order valence-corrected chi connectivity index (χ4v) is 3.61. The van der Waals surface area contributed by atoms with Crippen molar-refractivity contribution in [3.05, 3.63) is 17.3 Å². The SMILES string of the molecule is CC1CCCCCN1Cc1nc(NN)c2ccsc2n1. The molecule has 1 saturated heterocycles. The summed E-state index contributed by atoms with van der Waals surface area (Å²) in [5.74, 6) is 7.17. The molecular formula is C14H21N5S. The maximum atomic E-state index is 5.58. The van der Waals surface area contributed by atoms with E-state index in [0.29, 0.717) is 6.04 Å². The molecule has 3 N–H and O–H groups in total. The smallest absolute Gasteiger partial charge is 0.152 e. The lowest BCUT2D eigenvalue weighted by Gasteiger charge is -2.26. The van der Waals surface area contributed by atoms with Crippen LogP contribution in [0.25, 0.3) is 10.2 Å². The zero-order chi connectivity index (χ0) is 13.9. The first kappa shape index (κ1) is 13.7. The van der Waals surface area contributed by atoms with Gasteiger partial charge in [-0.2, -0.15) is 0 Å². The Kier molecular flexibility index (Phi) is 4.14. The van der Waals surface area contributed by atoms with Crippen LogP contribution < -0.4 is 11.3 Å². The summed E-state index contributed by atoms with van der Waals surface area (Å²) < 4.78 is 0.